The van der Waals surface area contributed by atoms with Gasteiger partial charge in [0, 0.05) is 12.5 Å². The summed E-state index contributed by atoms with van der Waals surface area (Å²) in [5.74, 6) is 1.64. The van der Waals surface area contributed by atoms with Gasteiger partial charge in [0.2, 0.25) is 0 Å². The van der Waals surface area contributed by atoms with Crippen molar-refractivity contribution in [1.82, 2.24) is 5.43 Å². The quantitative estimate of drug-likeness (QED) is 0.262. The first-order chi connectivity index (χ1) is 5.18. The summed E-state index contributed by atoms with van der Waals surface area (Å²) in [6.45, 7) is 3.28. The van der Waals surface area contributed by atoms with E-state index >= 15 is 0 Å². The Labute approximate surface area is 65.3 Å². The largest absolute Gasteiger partial charge is 0.477 e. The van der Waals surface area contributed by atoms with Gasteiger partial charge in [-0.05, 0) is 6.92 Å². The van der Waals surface area contributed by atoms with Crippen molar-refractivity contribution in [3.63, 3.8) is 0 Å². The molecular formula is C7H10N2O2. The van der Waals surface area contributed by atoms with E-state index in [9.17, 15) is 4.79 Å². The lowest BCUT2D eigenvalue weighted by molar-refractivity contribution is -0.129. The summed E-state index contributed by atoms with van der Waals surface area (Å²) < 4.78 is 0. The maximum Gasteiger partial charge on any atom is 0.351 e. The van der Waals surface area contributed by atoms with Crippen LogP contribution in [0.1, 0.15) is 20.3 Å². The molecule has 0 fully saturated rings. The molecule has 60 valence electrons. The third kappa shape index (κ3) is 4.97. The zero-order valence-corrected chi connectivity index (χ0v) is 6.51. The molecule has 11 heavy (non-hydrogen) atoms. The highest BCUT2D eigenvalue weighted by Crippen LogP contribution is 1.72. The van der Waals surface area contributed by atoms with Crippen molar-refractivity contribution >= 4 is 11.7 Å². The molecule has 4 heteroatoms. The SMILES string of the molecule is CCC#CNN=C(C)C(=O)O. The Balaban J connectivity index is 3.83. The van der Waals surface area contributed by atoms with Crippen LogP contribution in [-0.2, 0) is 4.79 Å². The van der Waals surface area contributed by atoms with Gasteiger partial charge in [0.25, 0.3) is 0 Å². The smallest absolute Gasteiger partial charge is 0.351 e. The molecule has 0 rings (SSSR count). The fraction of sp³-hybridized carbons (Fsp3) is 0.429. The minimum absolute atomic E-state index is 0.00426. The van der Waals surface area contributed by atoms with Gasteiger partial charge < -0.3 is 5.11 Å². The lowest BCUT2D eigenvalue weighted by Crippen LogP contribution is -2.11. The molecular weight excluding hydrogens is 144 g/mol. The van der Waals surface area contributed by atoms with Crippen LogP contribution in [0.3, 0.4) is 0 Å². The number of nitrogens with one attached hydrogen (secondary N) is 1. The van der Waals surface area contributed by atoms with Gasteiger partial charge in [-0.1, -0.05) is 12.8 Å². The number of hydrazone groups is 1. The predicted octanol–water partition coefficient (Wildman–Crippen LogP) is 0.407. The van der Waals surface area contributed by atoms with Gasteiger partial charge in [0.15, 0.2) is 0 Å². The summed E-state index contributed by atoms with van der Waals surface area (Å²) in [7, 11) is 0. The van der Waals surface area contributed by atoms with Crippen molar-refractivity contribution in [3.8, 4) is 12.0 Å². The van der Waals surface area contributed by atoms with Crippen LogP contribution in [0, 0.1) is 12.0 Å². The number of aliphatic carboxylic acids is 1. The molecule has 0 aromatic carbocycles. The van der Waals surface area contributed by atoms with Crippen LogP contribution >= 0.6 is 0 Å². The summed E-state index contributed by atoms with van der Waals surface area (Å²) >= 11 is 0. The number of hydrogen-bond acceptors (Lipinski definition) is 3. The average Bonchev–Trinajstić information content (AvgIpc) is 1.97. The van der Waals surface area contributed by atoms with Crippen LogP contribution in [0.2, 0.25) is 0 Å². The Morgan fingerprint density at radius 1 is 1.73 bits per heavy atom. The van der Waals surface area contributed by atoms with Crippen LogP contribution in [0.15, 0.2) is 5.10 Å². The zero-order chi connectivity index (χ0) is 8.69. The van der Waals surface area contributed by atoms with E-state index in [1.54, 1.807) is 0 Å². The highest BCUT2D eigenvalue weighted by atomic mass is 16.4. The van der Waals surface area contributed by atoms with Crippen molar-refractivity contribution in [1.29, 1.82) is 0 Å². The number of carboxylic acid groups (broad SMARTS) is 1. The maximum atomic E-state index is 10.1. The second-order valence-corrected chi connectivity index (χ2v) is 1.77. The minimum Gasteiger partial charge on any atom is -0.477 e. The van der Waals surface area contributed by atoms with E-state index in [0.29, 0.717) is 6.42 Å². The molecule has 0 unspecified atom stereocenters. The van der Waals surface area contributed by atoms with Crippen LogP contribution in [0.5, 0.6) is 0 Å². The van der Waals surface area contributed by atoms with E-state index in [0.717, 1.165) is 0 Å². The maximum absolute atomic E-state index is 10.1. The summed E-state index contributed by atoms with van der Waals surface area (Å²) in [6, 6.07) is 2.47. The standard InChI is InChI=1S/C7H10N2O2/c1-3-4-5-8-9-6(2)7(10)11/h8H,3H2,1-2H3,(H,10,11). The van der Waals surface area contributed by atoms with Crippen molar-refractivity contribution in [3.05, 3.63) is 0 Å². The normalized spacial score (nSPS) is 9.82. The molecule has 0 saturated heterocycles. The average molecular weight is 154 g/mol. The van der Waals surface area contributed by atoms with E-state index in [2.05, 4.69) is 22.5 Å². The zero-order valence-electron chi connectivity index (χ0n) is 6.51. The van der Waals surface area contributed by atoms with Crippen molar-refractivity contribution in [2.75, 3.05) is 0 Å². The van der Waals surface area contributed by atoms with Gasteiger partial charge in [-0.25, -0.2) is 10.2 Å². The number of carboxylic acids is 1. The Morgan fingerprint density at radius 2 is 2.36 bits per heavy atom. The molecule has 0 aliphatic heterocycles. The van der Waals surface area contributed by atoms with Gasteiger partial charge in [0.05, 0.1) is 0 Å². The summed E-state index contributed by atoms with van der Waals surface area (Å²) in [5.41, 5.74) is 2.31. The van der Waals surface area contributed by atoms with Crippen molar-refractivity contribution in [2.45, 2.75) is 20.3 Å². The number of hydrogen-bond donors (Lipinski definition) is 2. The first-order valence-corrected chi connectivity index (χ1v) is 3.19. The Morgan fingerprint density at radius 3 is 2.82 bits per heavy atom. The molecule has 0 aliphatic rings. The van der Waals surface area contributed by atoms with Crippen LogP contribution in [0.25, 0.3) is 0 Å². The predicted molar refractivity (Wildman–Crippen MR) is 41.9 cm³/mol. The molecule has 0 saturated carbocycles. The lowest BCUT2D eigenvalue weighted by Gasteiger charge is -1.88. The highest BCUT2D eigenvalue weighted by Gasteiger charge is 1.98. The van der Waals surface area contributed by atoms with Crippen LogP contribution in [-0.4, -0.2) is 16.8 Å². The highest BCUT2D eigenvalue weighted by molar-refractivity contribution is 6.34. The monoisotopic (exact) mass is 154 g/mol. The molecule has 0 atom stereocenters. The van der Waals surface area contributed by atoms with E-state index in [-0.39, 0.29) is 5.71 Å². The van der Waals surface area contributed by atoms with E-state index in [4.69, 9.17) is 5.11 Å². The molecule has 0 heterocycles. The molecule has 4 nitrogen and oxygen atoms in total. The molecule has 0 bridgehead atoms. The van der Waals surface area contributed by atoms with Gasteiger partial charge >= 0.3 is 5.97 Å². The molecule has 0 amide bonds. The second kappa shape index (κ2) is 5.30. The third-order valence-corrected chi connectivity index (χ3v) is 0.854. The van der Waals surface area contributed by atoms with E-state index in [1.807, 2.05) is 6.92 Å². The molecule has 0 aliphatic carbocycles. The summed E-state index contributed by atoms with van der Waals surface area (Å²) in [4.78, 5) is 10.1. The van der Waals surface area contributed by atoms with Gasteiger partial charge in [-0.2, -0.15) is 5.10 Å². The van der Waals surface area contributed by atoms with Gasteiger partial charge in [0.1, 0.15) is 5.71 Å². The molecule has 2 N–H and O–H groups in total. The molecule has 0 radical (unpaired) electrons. The first-order valence-electron chi connectivity index (χ1n) is 3.19. The third-order valence-electron chi connectivity index (χ3n) is 0.854. The molecule has 0 aromatic heterocycles. The fourth-order valence-corrected chi connectivity index (χ4v) is 0.288. The summed E-state index contributed by atoms with van der Waals surface area (Å²) in [5, 5.41) is 11.8. The van der Waals surface area contributed by atoms with E-state index in [1.165, 1.54) is 6.92 Å². The fourth-order valence-electron chi connectivity index (χ4n) is 0.288. The van der Waals surface area contributed by atoms with E-state index < -0.39 is 5.97 Å². The Hall–Kier alpha value is -1.50. The second-order valence-electron chi connectivity index (χ2n) is 1.77. The lowest BCUT2D eigenvalue weighted by atomic mass is 10.4. The van der Waals surface area contributed by atoms with Crippen molar-refractivity contribution in [2.24, 2.45) is 5.10 Å². The van der Waals surface area contributed by atoms with Crippen LogP contribution in [0.4, 0.5) is 0 Å². The minimum atomic E-state index is -1.05. The van der Waals surface area contributed by atoms with Gasteiger partial charge in [-0.15, -0.1) is 0 Å². The number of rotatable bonds is 2. The van der Waals surface area contributed by atoms with Crippen molar-refractivity contribution < 1.29 is 9.90 Å². The topological polar surface area (TPSA) is 61.7 Å². The Bertz CT molecular complexity index is 222. The van der Waals surface area contributed by atoms with Gasteiger partial charge in [-0.3, -0.25) is 0 Å². The Kier molecular flexibility index (Phi) is 4.58. The number of nitrogens with zero attached hydrogens (tertiary/aromatic N) is 1. The molecule has 0 aromatic rings. The number of carbonyl (C=O) groups is 1. The first kappa shape index (κ1) is 9.50. The summed E-state index contributed by atoms with van der Waals surface area (Å²) in [6.07, 6.45) is 0.717. The van der Waals surface area contributed by atoms with Crippen LogP contribution < -0.4 is 5.43 Å². The molecule has 0 spiro atoms.